The van der Waals surface area contributed by atoms with Gasteiger partial charge in [-0.25, -0.2) is 0 Å². The maximum atomic E-state index is 11.1. The van der Waals surface area contributed by atoms with Crippen LogP contribution in [0.5, 0.6) is 0 Å². The first kappa shape index (κ1) is 9.71. The molecule has 0 saturated heterocycles. The normalized spacial score (nSPS) is 12.7. The minimum absolute atomic E-state index is 0.574. The van der Waals surface area contributed by atoms with Crippen LogP contribution in [-0.2, 0) is 11.2 Å². The summed E-state index contributed by atoms with van der Waals surface area (Å²) in [5, 5.41) is 2.58. The Morgan fingerprint density at radius 3 is 2.79 bits per heavy atom. The molecule has 0 bridgehead atoms. The standard InChI is InChI=1S/C10H8NOS2/c1-14(12)10-5-4-8(7-11-10)9-3-2-6-13-9/h2-6H,1H3. The zero-order valence-electron chi connectivity index (χ0n) is 7.56. The summed E-state index contributed by atoms with van der Waals surface area (Å²) in [5.74, 6) is 0. The van der Waals surface area contributed by atoms with Crippen molar-refractivity contribution in [1.29, 1.82) is 0 Å². The van der Waals surface area contributed by atoms with E-state index in [4.69, 9.17) is 0 Å². The molecule has 71 valence electrons. The number of pyridine rings is 1. The fraction of sp³-hybridized carbons (Fsp3) is 0.100. The van der Waals surface area contributed by atoms with Crippen LogP contribution in [-0.4, -0.2) is 15.8 Å². The Labute approximate surface area is 89.8 Å². The second kappa shape index (κ2) is 4.13. The maximum Gasteiger partial charge on any atom is 0.244 e. The molecular weight excluding hydrogens is 214 g/mol. The number of rotatable bonds is 2. The number of nitrogens with zero attached hydrogens (tertiary/aromatic N) is 1. The van der Waals surface area contributed by atoms with E-state index in [2.05, 4.69) is 11.2 Å². The van der Waals surface area contributed by atoms with Crippen LogP contribution >= 0.6 is 11.3 Å². The number of hydrogen-bond donors (Lipinski definition) is 0. The predicted molar refractivity (Wildman–Crippen MR) is 58.7 cm³/mol. The van der Waals surface area contributed by atoms with Crippen LogP contribution in [0.4, 0.5) is 0 Å². The first-order valence-corrected chi connectivity index (χ1v) is 6.47. The molecule has 2 aromatic heterocycles. The summed E-state index contributed by atoms with van der Waals surface area (Å²) in [6.07, 6.45) is 4.50. The zero-order chi connectivity index (χ0) is 9.97. The Bertz CT molecular complexity index is 395. The lowest BCUT2D eigenvalue weighted by atomic mass is 10.2. The van der Waals surface area contributed by atoms with Crippen molar-refractivity contribution in [2.45, 2.75) is 5.03 Å². The lowest BCUT2D eigenvalue weighted by Crippen LogP contribution is -1.99. The van der Waals surface area contributed by atoms with Gasteiger partial charge in [0.25, 0.3) is 0 Å². The summed E-state index contributed by atoms with van der Waals surface area (Å²) >= 11 is 0.620. The van der Waals surface area contributed by atoms with Crippen LogP contribution in [0, 0.1) is 6.20 Å². The molecule has 0 aliphatic rings. The van der Waals surface area contributed by atoms with Crippen LogP contribution in [0.15, 0.2) is 34.7 Å². The summed E-state index contributed by atoms with van der Waals surface area (Å²) in [4.78, 5) is 5.15. The van der Waals surface area contributed by atoms with E-state index in [1.54, 1.807) is 23.7 Å². The first-order valence-electron chi connectivity index (χ1n) is 4.03. The van der Waals surface area contributed by atoms with Gasteiger partial charge in [0.1, 0.15) is 12.5 Å². The molecule has 2 aromatic rings. The molecule has 0 saturated carbocycles. The molecule has 1 radical (unpaired) electrons. The van der Waals surface area contributed by atoms with Gasteiger partial charge in [-0.1, -0.05) is 6.07 Å². The van der Waals surface area contributed by atoms with E-state index >= 15 is 0 Å². The lowest BCUT2D eigenvalue weighted by Gasteiger charge is -2.02. The third kappa shape index (κ3) is 1.97. The second-order valence-corrected chi connectivity index (χ2v) is 5.01. The summed E-state index contributed by atoms with van der Waals surface area (Å²) < 4.78 is 11.1. The highest BCUT2D eigenvalue weighted by atomic mass is 32.2. The zero-order valence-corrected chi connectivity index (χ0v) is 9.19. The van der Waals surface area contributed by atoms with Gasteiger partial charge in [0, 0.05) is 27.7 Å². The summed E-state index contributed by atoms with van der Waals surface area (Å²) in [6.45, 7) is 0. The van der Waals surface area contributed by atoms with Gasteiger partial charge in [-0.2, -0.15) is 4.98 Å². The van der Waals surface area contributed by atoms with E-state index in [9.17, 15) is 4.55 Å². The van der Waals surface area contributed by atoms with Crippen molar-refractivity contribution >= 4 is 22.5 Å². The largest absolute Gasteiger partial charge is 0.610 e. The van der Waals surface area contributed by atoms with Crippen molar-refractivity contribution in [1.82, 2.24) is 4.98 Å². The van der Waals surface area contributed by atoms with E-state index in [1.807, 2.05) is 23.6 Å². The molecule has 14 heavy (non-hydrogen) atoms. The Kier molecular flexibility index (Phi) is 2.86. The van der Waals surface area contributed by atoms with Gasteiger partial charge in [0.15, 0.2) is 0 Å². The van der Waals surface area contributed by atoms with Crippen LogP contribution < -0.4 is 0 Å². The molecule has 2 nitrogen and oxygen atoms in total. The quantitative estimate of drug-likeness (QED) is 0.731. The second-order valence-electron chi connectivity index (χ2n) is 2.74. The predicted octanol–water partition coefficient (Wildman–Crippen LogP) is 2.35. The number of hydrogen-bond acceptors (Lipinski definition) is 3. The van der Waals surface area contributed by atoms with Crippen molar-refractivity contribution in [2.24, 2.45) is 0 Å². The Morgan fingerprint density at radius 1 is 1.43 bits per heavy atom. The van der Waals surface area contributed by atoms with Crippen molar-refractivity contribution < 1.29 is 4.55 Å². The van der Waals surface area contributed by atoms with Gasteiger partial charge in [0.05, 0.1) is 0 Å². The molecule has 0 aromatic carbocycles. The third-order valence-electron chi connectivity index (χ3n) is 1.76. The molecule has 0 fully saturated rings. The van der Waals surface area contributed by atoms with Gasteiger partial charge in [-0.05, 0) is 17.5 Å². The van der Waals surface area contributed by atoms with Crippen LogP contribution in [0.25, 0.3) is 10.4 Å². The van der Waals surface area contributed by atoms with Crippen molar-refractivity contribution in [3.8, 4) is 10.4 Å². The van der Waals surface area contributed by atoms with Crippen LogP contribution in [0.2, 0.25) is 0 Å². The van der Waals surface area contributed by atoms with Crippen LogP contribution in [0.1, 0.15) is 0 Å². The molecule has 4 heteroatoms. The SMILES string of the molecule is C[S+]([O-])c1ccc(-c2cccs2)[c]n1. The van der Waals surface area contributed by atoms with Gasteiger partial charge in [0.2, 0.25) is 5.03 Å². The maximum absolute atomic E-state index is 11.1. The number of aromatic nitrogens is 1. The van der Waals surface area contributed by atoms with E-state index in [-0.39, 0.29) is 0 Å². The minimum atomic E-state index is -1.02. The fourth-order valence-electron chi connectivity index (χ4n) is 1.07. The third-order valence-corrected chi connectivity index (χ3v) is 3.48. The van der Waals surface area contributed by atoms with Crippen LogP contribution in [0.3, 0.4) is 0 Å². The van der Waals surface area contributed by atoms with E-state index in [0.29, 0.717) is 5.03 Å². The highest BCUT2D eigenvalue weighted by Crippen LogP contribution is 2.23. The van der Waals surface area contributed by atoms with Gasteiger partial charge < -0.3 is 4.55 Å². The molecule has 0 aliphatic heterocycles. The molecule has 0 aliphatic carbocycles. The van der Waals surface area contributed by atoms with Crippen molar-refractivity contribution in [2.75, 3.05) is 6.26 Å². The molecule has 0 spiro atoms. The molecule has 1 unspecified atom stereocenters. The van der Waals surface area contributed by atoms with E-state index < -0.39 is 11.2 Å². The van der Waals surface area contributed by atoms with E-state index in [0.717, 1.165) is 10.4 Å². The molecule has 1 atom stereocenters. The minimum Gasteiger partial charge on any atom is -0.610 e. The highest BCUT2D eigenvalue weighted by molar-refractivity contribution is 7.90. The first-order chi connectivity index (χ1) is 6.77. The summed E-state index contributed by atoms with van der Waals surface area (Å²) in [6, 6.07) is 7.68. The van der Waals surface area contributed by atoms with Crippen molar-refractivity contribution in [3.05, 3.63) is 35.8 Å². The Balaban J connectivity index is 2.31. The van der Waals surface area contributed by atoms with Gasteiger partial charge in [-0.3, -0.25) is 0 Å². The molecule has 0 N–H and O–H groups in total. The lowest BCUT2D eigenvalue weighted by molar-refractivity contribution is 0.597. The average molecular weight is 222 g/mol. The fourth-order valence-corrected chi connectivity index (χ4v) is 2.21. The number of thiophene rings is 1. The highest BCUT2D eigenvalue weighted by Gasteiger charge is 2.06. The molecule has 2 rings (SSSR count). The van der Waals surface area contributed by atoms with Gasteiger partial charge in [-0.15, -0.1) is 11.3 Å². The summed E-state index contributed by atoms with van der Waals surface area (Å²) in [7, 11) is 0. The molecule has 0 amide bonds. The average Bonchev–Trinajstić information content (AvgIpc) is 2.71. The Hall–Kier alpha value is -0.840. The topological polar surface area (TPSA) is 36.0 Å². The van der Waals surface area contributed by atoms with Crippen molar-refractivity contribution in [3.63, 3.8) is 0 Å². The molecule has 2 heterocycles. The van der Waals surface area contributed by atoms with E-state index in [1.165, 1.54) is 0 Å². The molecular formula is C10H8NOS2. The smallest absolute Gasteiger partial charge is 0.244 e. The van der Waals surface area contributed by atoms with Gasteiger partial charge >= 0.3 is 0 Å². The summed E-state index contributed by atoms with van der Waals surface area (Å²) in [5.41, 5.74) is 0.953. The Morgan fingerprint density at radius 2 is 2.29 bits per heavy atom. The monoisotopic (exact) mass is 222 g/mol.